The fraction of sp³-hybridized carbons (Fsp3) is 0.737. The first-order valence-electron chi connectivity index (χ1n) is 26.4. The van der Waals surface area contributed by atoms with Gasteiger partial charge in [0.2, 0.25) is 0 Å². The molecule has 0 aliphatic heterocycles. The maximum atomic E-state index is 12.8. The monoisotopic (exact) mass is 879 g/mol. The number of rotatable bonds is 47. The van der Waals surface area contributed by atoms with E-state index in [1.54, 1.807) is 0 Å². The van der Waals surface area contributed by atoms with Crippen molar-refractivity contribution in [3.63, 3.8) is 0 Å². The van der Waals surface area contributed by atoms with E-state index in [9.17, 15) is 14.4 Å². The summed E-state index contributed by atoms with van der Waals surface area (Å²) in [6.07, 6.45) is 64.7. The highest BCUT2D eigenvalue weighted by Crippen LogP contribution is 2.14. The van der Waals surface area contributed by atoms with Crippen LogP contribution in [-0.2, 0) is 28.6 Å². The molecule has 0 aliphatic carbocycles. The number of ether oxygens (including phenoxy) is 3. The number of hydrogen-bond acceptors (Lipinski definition) is 6. The predicted octanol–water partition coefficient (Wildman–Crippen LogP) is 17.4. The Bertz CT molecular complexity index is 1190. The molecule has 6 heteroatoms. The SMILES string of the molecule is CC/C=C\C/C=C\C/C=C\C/C=C\CCCCCCC(=O)OC(COC(=O)CCCCCCCCC)COC(=O)CCCCCCCCCCC/C=C\C/C=C\CCCCCCC. The van der Waals surface area contributed by atoms with Crippen LogP contribution < -0.4 is 0 Å². The van der Waals surface area contributed by atoms with E-state index in [0.717, 1.165) is 103 Å². The lowest BCUT2D eigenvalue weighted by atomic mass is 10.1. The average molecular weight is 879 g/mol. The van der Waals surface area contributed by atoms with Crippen molar-refractivity contribution in [1.29, 1.82) is 0 Å². The van der Waals surface area contributed by atoms with Crippen LogP contribution in [0.4, 0.5) is 0 Å². The van der Waals surface area contributed by atoms with Crippen LogP contribution in [0.15, 0.2) is 72.9 Å². The van der Waals surface area contributed by atoms with Crippen molar-refractivity contribution < 1.29 is 28.6 Å². The van der Waals surface area contributed by atoms with Gasteiger partial charge in [0.15, 0.2) is 6.10 Å². The Hall–Kier alpha value is -3.15. The standard InChI is InChI=1S/C57H98O6/c1-4-7-10-13-16-18-20-22-24-26-27-28-29-31-32-34-36-38-41-44-47-50-56(59)62-53-54(52-61-55(58)49-46-43-40-15-12-9-6-3)63-57(60)51-48-45-42-39-37-35-33-30-25-23-21-19-17-14-11-8-5-2/h8,11,17,19-20,22-23,25-27,33,35,54H,4-7,9-10,12-16,18,21,24,28-32,34,36-53H2,1-3H3/b11-8-,19-17-,22-20-,25-23-,27-26-,35-33-. The Morgan fingerprint density at radius 2 is 0.619 bits per heavy atom. The summed E-state index contributed by atoms with van der Waals surface area (Å²) in [6, 6.07) is 0. The summed E-state index contributed by atoms with van der Waals surface area (Å²) < 4.78 is 16.7. The molecule has 362 valence electrons. The Balaban J connectivity index is 4.27. The normalized spacial score (nSPS) is 12.6. The molecular formula is C57H98O6. The van der Waals surface area contributed by atoms with Crippen molar-refractivity contribution in [1.82, 2.24) is 0 Å². The van der Waals surface area contributed by atoms with Gasteiger partial charge < -0.3 is 14.2 Å². The van der Waals surface area contributed by atoms with Crippen molar-refractivity contribution in [2.75, 3.05) is 13.2 Å². The van der Waals surface area contributed by atoms with Gasteiger partial charge in [0.25, 0.3) is 0 Å². The first-order valence-corrected chi connectivity index (χ1v) is 26.4. The minimum Gasteiger partial charge on any atom is -0.462 e. The third kappa shape index (κ3) is 49.7. The Kier molecular flexibility index (Phi) is 48.9. The van der Waals surface area contributed by atoms with Gasteiger partial charge >= 0.3 is 17.9 Å². The highest BCUT2D eigenvalue weighted by atomic mass is 16.6. The average Bonchev–Trinajstić information content (AvgIpc) is 3.28. The molecule has 0 N–H and O–H groups in total. The van der Waals surface area contributed by atoms with Crippen LogP contribution >= 0.6 is 0 Å². The molecule has 0 aromatic heterocycles. The van der Waals surface area contributed by atoms with E-state index in [2.05, 4.69) is 93.7 Å². The number of esters is 3. The topological polar surface area (TPSA) is 78.9 Å². The lowest BCUT2D eigenvalue weighted by molar-refractivity contribution is -0.167. The number of carbonyl (C=O) groups excluding carboxylic acids is 3. The Morgan fingerprint density at radius 3 is 0.968 bits per heavy atom. The van der Waals surface area contributed by atoms with E-state index in [0.29, 0.717) is 19.3 Å². The van der Waals surface area contributed by atoms with Gasteiger partial charge in [-0.05, 0) is 89.9 Å². The molecule has 0 spiro atoms. The summed E-state index contributed by atoms with van der Waals surface area (Å²) in [6.45, 7) is 6.45. The van der Waals surface area contributed by atoms with Crippen LogP contribution in [0.1, 0.15) is 252 Å². The number of unbranched alkanes of at least 4 members (excludes halogenated alkanes) is 24. The lowest BCUT2D eigenvalue weighted by Crippen LogP contribution is -2.30. The maximum Gasteiger partial charge on any atom is 0.306 e. The van der Waals surface area contributed by atoms with Crippen LogP contribution in [0, 0.1) is 0 Å². The van der Waals surface area contributed by atoms with Crippen LogP contribution in [0.25, 0.3) is 0 Å². The van der Waals surface area contributed by atoms with E-state index < -0.39 is 6.10 Å². The molecule has 0 fully saturated rings. The number of allylic oxidation sites excluding steroid dienone is 12. The minimum absolute atomic E-state index is 0.0864. The van der Waals surface area contributed by atoms with Gasteiger partial charge in [0.1, 0.15) is 13.2 Å². The van der Waals surface area contributed by atoms with Gasteiger partial charge in [-0.3, -0.25) is 14.4 Å². The molecule has 0 aromatic rings. The van der Waals surface area contributed by atoms with E-state index in [1.807, 2.05) is 0 Å². The van der Waals surface area contributed by atoms with Crippen LogP contribution in [0.2, 0.25) is 0 Å². The highest BCUT2D eigenvalue weighted by Gasteiger charge is 2.19. The Morgan fingerprint density at radius 1 is 0.333 bits per heavy atom. The van der Waals surface area contributed by atoms with Gasteiger partial charge in [-0.15, -0.1) is 0 Å². The van der Waals surface area contributed by atoms with Gasteiger partial charge in [0, 0.05) is 19.3 Å². The molecule has 0 radical (unpaired) electrons. The Labute approximate surface area is 389 Å². The third-order valence-electron chi connectivity index (χ3n) is 11.2. The number of carbonyl (C=O) groups is 3. The van der Waals surface area contributed by atoms with E-state index in [4.69, 9.17) is 14.2 Å². The fourth-order valence-corrected chi connectivity index (χ4v) is 7.23. The van der Waals surface area contributed by atoms with Gasteiger partial charge in [-0.2, -0.15) is 0 Å². The number of hydrogen-bond donors (Lipinski definition) is 0. The summed E-state index contributed by atoms with van der Waals surface area (Å²) in [7, 11) is 0. The second kappa shape index (κ2) is 51.5. The quantitative estimate of drug-likeness (QED) is 0.0262. The van der Waals surface area contributed by atoms with Crippen molar-refractivity contribution in [3.8, 4) is 0 Å². The van der Waals surface area contributed by atoms with E-state index in [-0.39, 0.29) is 31.1 Å². The molecule has 0 heterocycles. The molecular weight excluding hydrogens is 781 g/mol. The summed E-state index contributed by atoms with van der Waals surface area (Å²) >= 11 is 0. The van der Waals surface area contributed by atoms with E-state index >= 15 is 0 Å². The van der Waals surface area contributed by atoms with Crippen molar-refractivity contribution in [3.05, 3.63) is 72.9 Å². The maximum absolute atomic E-state index is 12.8. The molecule has 0 saturated carbocycles. The highest BCUT2D eigenvalue weighted by molar-refractivity contribution is 5.71. The first-order chi connectivity index (χ1) is 31.0. The molecule has 0 aromatic carbocycles. The lowest BCUT2D eigenvalue weighted by Gasteiger charge is -2.18. The van der Waals surface area contributed by atoms with Crippen molar-refractivity contribution >= 4 is 17.9 Å². The minimum atomic E-state index is -0.787. The summed E-state index contributed by atoms with van der Waals surface area (Å²) in [5, 5.41) is 0. The molecule has 0 saturated heterocycles. The van der Waals surface area contributed by atoms with Crippen LogP contribution in [-0.4, -0.2) is 37.2 Å². The molecule has 1 atom stereocenters. The summed E-state index contributed by atoms with van der Waals surface area (Å²) in [5.74, 6) is -0.919. The zero-order valence-corrected chi connectivity index (χ0v) is 41.3. The van der Waals surface area contributed by atoms with Gasteiger partial charge in [0.05, 0.1) is 0 Å². The fourth-order valence-electron chi connectivity index (χ4n) is 7.23. The largest absolute Gasteiger partial charge is 0.462 e. The smallest absolute Gasteiger partial charge is 0.306 e. The predicted molar refractivity (Wildman–Crippen MR) is 270 cm³/mol. The molecule has 0 rings (SSSR count). The van der Waals surface area contributed by atoms with Crippen molar-refractivity contribution in [2.24, 2.45) is 0 Å². The van der Waals surface area contributed by atoms with Gasteiger partial charge in [-0.25, -0.2) is 0 Å². The molecule has 1 unspecified atom stereocenters. The molecule has 0 bridgehead atoms. The molecule has 0 aliphatic rings. The first kappa shape index (κ1) is 59.9. The molecule has 0 amide bonds. The summed E-state index contributed by atoms with van der Waals surface area (Å²) in [4.78, 5) is 37.8. The second-order valence-electron chi connectivity index (χ2n) is 17.4. The molecule has 6 nitrogen and oxygen atoms in total. The van der Waals surface area contributed by atoms with Gasteiger partial charge in [-0.1, -0.05) is 216 Å². The van der Waals surface area contributed by atoms with Crippen LogP contribution in [0.5, 0.6) is 0 Å². The second-order valence-corrected chi connectivity index (χ2v) is 17.4. The zero-order chi connectivity index (χ0) is 45.8. The third-order valence-corrected chi connectivity index (χ3v) is 11.2. The zero-order valence-electron chi connectivity index (χ0n) is 41.3. The van der Waals surface area contributed by atoms with Crippen molar-refractivity contribution in [2.45, 2.75) is 258 Å². The summed E-state index contributed by atoms with van der Waals surface area (Å²) in [5.41, 5.74) is 0. The van der Waals surface area contributed by atoms with E-state index in [1.165, 1.54) is 109 Å². The molecule has 63 heavy (non-hydrogen) atoms. The van der Waals surface area contributed by atoms with Crippen LogP contribution in [0.3, 0.4) is 0 Å².